The third-order valence-electron chi connectivity index (χ3n) is 5.72. The first-order valence-electron chi connectivity index (χ1n) is 10.5. The van der Waals surface area contributed by atoms with Crippen LogP contribution in [0.15, 0.2) is 41.3 Å². The van der Waals surface area contributed by atoms with Crippen molar-refractivity contribution in [1.82, 2.24) is 9.80 Å². The van der Waals surface area contributed by atoms with E-state index in [4.69, 9.17) is 9.47 Å². The highest BCUT2D eigenvalue weighted by Gasteiger charge is 2.46. The van der Waals surface area contributed by atoms with Gasteiger partial charge in [0.2, 0.25) is 0 Å². The van der Waals surface area contributed by atoms with Crippen molar-refractivity contribution in [3.8, 4) is 11.5 Å². The van der Waals surface area contributed by atoms with Crippen LogP contribution < -0.4 is 9.47 Å². The Bertz CT molecular complexity index is 997. The third-order valence-corrected chi connectivity index (χ3v) is 6.64. The Morgan fingerprint density at radius 2 is 1.90 bits per heavy atom. The number of nitrogens with zero attached hydrogens (tertiary/aromatic N) is 2. The molecule has 0 bridgehead atoms. The molecule has 3 heterocycles. The van der Waals surface area contributed by atoms with Gasteiger partial charge in [-0.05, 0) is 42.7 Å². The van der Waals surface area contributed by atoms with Gasteiger partial charge in [-0.1, -0.05) is 19.9 Å². The van der Waals surface area contributed by atoms with Crippen molar-refractivity contribution in [1.29, 1.82) is 0 Å². The Kier molecular flexibility index (Phi) is 6.29. The minimum Gasteiger partial charge on any atom is -0.507 e. The van der Waals surface area contributed by atoms with E-state index in [1.807, 2.05) is 17.5 Å². The molecule has 0 spiro atoms. The van der Waals surface area contributed by atoms with Crippen molar-refractivity contribution >= 4 is 28.8 Å². The minimum absolute atomic E-state index is 0.115. The number of fused-ring (bicyclic) bond motifs is 1. The SMILES string of the molecule is CCN(CC)CCN1C(=O)C(=O)C(=C(O)c2ccc3c(c2)OCCO3)[C@H]1c1cccs1. The molecular weight excluding hydrogens is 416 g/mol. The number of likely N-dealkylation sites (N-methyl/N-ethyl adjacent to an activating group) is 1. The van der Waals surface area contributed by atoms with E-state index in [1.165, 1.54) is 11.3 Å². The molecule has 0 aliphatic carbocycles. The van der Waals surface area contributed by atoms with Crippen LogP contribution >= 0.6 is 11.3 Å². The van der Waals surface area contributed by atoms with Crippen LogP contribution in [-0.2, 0) is 9.59 Å². The number of hydrogen-bond acceptors (Lipinski definition) is 7. The quantitative estimate of drug-likeness (QED) is 0.403. The van der Waals surface area contributed by atoms with Crippen molar-refractivity contribution in [2.45, 2.75) is 19.9 Å². The fourth-order valence-electron chi connectivity index (χ4n) is 3.99. The molecule has 1 N–H and O–H groups in total. The van der Waals surface area contributed by atoms with E-state index in [0.29, 0.717) is 43.4 Å². The van der Waals surface area contributed by atoms with Gasteiger partial charge in [0.25, 0.3) is 11.7 Å². The molecule has 1 amide bonds. The largest absolute Gasteiger partial charge is 0.507 e. The summed E-state index contributed by atoms with van der Waals surface area (Å²) in [6.45, 7) is 7.81. The number of amides is 1. The zero-order valence-corrected chi connectivity index (χ0v) is 18.5. The second-order valence-corrected chi connectivity index (χ2v) is 8.37. The van der Waals surface area contributed by atoms with Crippen LogP contribution in [0.4, 0.5) is 0 Å². The van der Waals surface area contributed by atoms with Crippen LogP contribution in [0.1, 0.15) is 30.3 Å². The van der Waals surface area contributed by atoms with Crippen LogP contribution in [0.2, 0.25) is 0 Å². The number of carbonyl (C=O) groups excluding carboxylic acids is 2. The molecule has 8 heteroatoms. The van der Waals surface area contributed by atoms with Gasteiger partial charge in [0.15, 0.2) is 11.5 Å². The van der Waals surface area contributed by atoms with Crippen LogP contribution in [0.5, 0.6) is 11.5 Å². The fourth-order valence-corrected chi connectivity index (χ4v) is 4.83. The smallest absolute Gasteiger partial charge is 0.295 e. The molecule has 164 valence electrons. The summed E-state index contributed by atoms with van der Waals surface area (Å²) in [5.41, 5.74) is 0.538. The molecule has 4 rings (SSSR count). The Labute approximate surface area is 185 Å². The molecular formula is C23H26N2O5S. The number of thiophene rings is 1. The maximum Gasteiger partial charge on any atom is 0.295 e. The molecule has 1 atom stereocenters. The van der Waals surface area contributed by atoms with E-state index < -0.39 is 17.7 Å². The molecule has 0 saturated carbocycles. The van der Waals surface area contributed by atoms with Gasteiger partial charge in [-0.3, -0.25) is 9.59 Å². The first-order chi connectivity index (χ1) is 15.0. The zero-order chi connectivity index (χ0) is 22.0. The van der Waals surface area contributed by atoms with Gasteiger partial charge in [-0.2, -0.15) is 0 Å². The Morgan fingerprint density at radius 1 is 1.16 bits per heavy atom. The lowest BCUT2D eigenvalue weighted by Gasteiger charge is -2.27. The van der Waals surface area contributed by atoms with Gasteiger partial charge in [0.1, 0.15) is 19.0 Å². The van der Waals surface area contributed by atoms with Crippen molar-refractivity contribution in [3.05, 3.63) is 51.7 Å². The molecule has 1 fully saturated rings. The lowest BCUT2D eigenvalue weighted by atomic mass is 9.99. The number of aliphatic hydroxyl groups excluding tert-OH is 1. The van der Waals surface area contributed by atoms with E-state index in [0.717, 1.165) is 18.0 Å². The van der Waals surface area contributed by atoms with Crippen molar-refractivity contribution in [2.75, 3.05) is 39.4 Å². The molecule has 0 unspecified atom stereocenters. The second kappa shape index (κ2) is 9.11. The molecule has 31 heavy (non-hydrogen) atoms. The molecule has 0 radical (unpaired) electrons. The maximum absolute atomic E-state index is 13.0. The van der Waals surface area contributed by atoms with Crippen LogP contribution in [-0.4, -0.2) is 66.0 Å². The molecule has 1 aromatic carbocycles. The Hall–Kier alpha value is -2.84. The number of Topliss-reactive ketones (excluding diaryl/α,β-unsaturated/α-hetero) is 1. The number of carbonyl (C=O) groups is 2. The summed E-state index contributed by atoms with van der Waals surface area (Å²) in [7, 11) is 0. The summed E-state index contributed by atoms with van der Waals surface area (Å²) in [5, 5.41) is 13.1. The van der Waals surface area contributed by atoms with E-state index in [1.54, 1.807) is 23.1 Å². The Morgan fingerprint density at radius 3 is 2.58 bits per heavy atom. The Balaban J connectivity index is 1.74. The van der Waals surface area contributed by atoms with Crippen molar-refractivity contribution in [2.24, 2.45) is 0 Å². The molecule has 7 nitrogen and oxygen atoms in total. The summed E-state index contributed by atoms with van der Waals surface area (Å²) in [4.78, 5) is 30.6. The van der Waals surface area contributed by atoms with Gasteiger partial charge in [0, 0.05) is 23.5 Å². The normalized spacial score (nSPS) is 20.0. The predicted octanol–water partition coefficient (Wildman–Crippen LogP) is 3.28. The number of aliphatic hydroxyl groups is 1. The average molecular weight is 443 g/mol. The first-order valence-corrected chi connectivity index (χ1v) is 11.4. The van der Waals surface area contributed by atoms with Crippen molar-refractivity contribution in [3.63, 3.8) is 0 Å². The van der Waals surface area contributed by atoms with Crippen molar-refractivity contribution < 1.29 is 24.2 Å². The highest BCUT2D eigenvalue weighted by molar-refractivity contribution is 7.10. The summed E-state index contributed by atoms with van der Waals surface area (Å²) >= 11 is 1.46. The number of rotatable bonds is 7. The highest BCUT2D eigenvalue weighted by atomic mass is 32.1. The molecule has 2 aliphatic heterocycles. The van der Waals surface area contributed by atoms with E-state index >= 15 is 0 Å². The van der Waals surface area contributed by atoms with Crippen LogP contribution in [0.25, 0.3) is 5.76 Å². The molecule has 1 saturated heterocycles. The fraction of sp³-hybridized carbons (Fsp3) is 0.391. The second-order valence-electron chi connectivity index (χ2n) is 7.39. The number of ketones is 1. The third kappa shape index (κ3) is 4.05. The number of benzene rings is 1. The molecule has 2 aromatic rings. The summed E-state index contributed by atoms with van der Waals surface area (Å²) in [6, 6.07) is 8.21. The minimum atomic E-state index is -0.662. The van der Waals surface area contributed by atoms with Gasteiger partial charge in [-0.15, -0.1) is 11.3 Å². The van der Waals surface area contributed by atoms with E-state index in [-0.39, 0.29) is 11.3 Å². The predicted molar refractivity (Wildman–Crippen MR) is 119 cm³/mol. The maximum atomic E-state index is 13.0. The molecule has 2 aliphatic rings. The van der Waals surface area contributed by atoms with Gasteiger partial charge >= 0.3 is 0 Å². The summed E-state index contributed by atoms with van der Waals surface area (Å²) < 4.78 is 11.1. The summed E-state index contributed by atoms with van der Waals surface area (Å²) in [5.74, 6) is -0.329. The number of ether oxygens (including phenoxy) is 2. The highest BCUT2D eigenvalue weighted by Crippen LogP contribution is 2.42. The van der Waals surface area contributed by atoms with Crippen LogP contribution in [0.3, 0.4) is 0 Å². The summed E-state index contributed by atoms with van der Waals surface area (Å²) in [6.07, 6.45) is 0. The number of hydrogen-bond donors (Lipinski definition) is 1. The monoisotopic (exact) mass is 442 g/mol. The van der Waals surface area contributed by atoms with Gasteiger partial charge in [0.05, 0.1) is 11.6 Å². The van der Waals surface area contributed by atoms with E-state index in [9.17, 15) is 14.7 Å². The number of likely N-dealkylation sites (tertiary alicyclic amines) is 1. The van der Waals surface area contributed by atoms with E-state index in [2.05, 4.69) is 18.7 Å². The lowest BCUT2D eigenvalue weighted by Crippen LogP contribution is -2.37. The standard InChI is InChI=1S/C23H26N2O5S/c1-3-24(4-2)9-10-25-20(18-6-5-13-31-18)19(22(27)23(25)28)21(26)15-7-8-16-17(14-15)30-12-11-29-16/h5-8,13-14,20,26H,3-4,9-12H2,1-2H3/t20-/m1/s1. The van der Waals surface area contributed by atoms with Gasteiger partial charge in [-0.25, -0.2) is 0 Å². The topological polar surface area (TPSA) is 79.3 Å². The molecule has 1 aromatic heterocycles. The van der Waals surface area contributed by atoms with Crippen LogP contribution in [0, 0.1) is 0 Å². The zero-order valence-electron chi connectivity index (χ0n) is 17.7. The lowest BCUT2D eigenvalue weighted by molar-refractivity contribution is -0.140. The van der Waals surface area contributed by atoms with Gasteiger partial charge < -0.3 is 24.4 Å². The average Bonchev–Trinajstić information content (AvgIpc) is 3.41. The first kappa shape index (κ1) is 21.4.